The van der Waals surface area contributed by atoms with Crippen molar-refractivity contribution < 1.29 is 24.5 Å². The quantitative estimate of drug-likeness (QED) is 0.830. The molecule has 0 spiro atoms. The summed E-state index contributed by atoms with van der Waals surface area (Å²) in [5, 5.41) is 18.3. The van der Waals surface area contributed by atoms with Crippen molar-refractivity contribution in [3.63, 3.8) is 0 Å². The first-order chi connectivity index (χ1) is 9.84. The number of rotatable bonds is 6. The number of carboxylic acid groups (broad SMARTS) is 1. The van der Waals surface area contributed by atoms with Crippen LogP contribution in [-0.4, -0.2) is 53.5 Å². The van der Waals surface area contributed by atoms with Crippen LogP contribution in [0.4, 0.5) is 0 Å². The third-order valence-electron chi connectivity index (χ3n) is 3.85. The van der Waals surface area contributed by atoms with E-state index in [1.54, 1.807) is 6.07 Å². The summed E-state index contributed by atoms with van der Waals surface area (Å²) in [5.74, 6) is -0.387. The van der Waals surface area contributed by atoms with Crippen LogP contribution in [0.2, 0.25) is 0 Å². The molecule has 1 aliphatic heterocycles. The monoisotopic (exact) mass is 295 g/mol. The van der Waals surface area contributed by atoms with Crippen molar-refractivity contribution in [3.05, 3.63) is 23.8 Å². The van der Waals surface area contributed by atoms with Gasteiger partial charge in [-0.3, -0.25) is 4.90 Å². The van der Waals surface area contributed by atoms with E-state index in [9.17, 15) is 9.90 Å². The molecule has 1 heterocycles. The van der Waals surface area contributed by atoms with Gasteiger partial charge in [-0.15, -0.1) is 0 Å². The number of benzene rings is 1. The number of methoxy groups -OCH3 is 1. The van der Waals surface area contributed by atoms with Crippen molar-refractivity contribution in [2.24, 2.45) is 0 Å². The molecule has 1 aromatic rings. The average Bonchev–Trinajstić information content (AvgIpc) is 2.42. The number of hydrogen-bond acceptors (Lipinski definition) is 5. The number of ether oxygens (including phenoxy) is 2. The number of carbonyl (C=O) groups is 1. The van der Waals surface area contributed by atoms with E-state index in [1.165, 1.54) is 7.11 Å². The Hall–Kier alpha value is -1.79. The molecule has 0 radical (unpaired) electrons. The Morgan fingerprint density at radius 1 is 1.48 bits per heavy atom. The van der Waals surface area contributed by atoms with Crippen molar-refractivity contribution in [1.82, 2.24) is 4.90 Å². The Balaban J connectivity index is 1.97. The second kappa shape index (κ2) is 5.91. The Morgan fingerprint density at radius 2 is 2.14 bits per heavy atom. The number of phenolic OH excluding ortho intramolecular Hbond substituents is 1. The SMILES string of the molecule is COc1cc(C(C)N2CC(C)(OCC(=O)O)C2)ccc1O. The molecule has 0 bridgehead atoms. The van der Waals surface area contributed by atoms with Crippen LogP contribution in [0, 0.1) is 0 Å². The van der Waals surface area contributed by atoms with Crippen molar-refractivity contribution in [1.29, 1.82) is 0 Å². The molecule has 1 unspecified atom stereocenters. The van der Waals surface area contributed by atoms with Gasteiger partial charge in [0.2, 0.25) is 0 Å². The zero-order valence-electron chi connectivity index (χ0n) is 12.5. The van der Waals surface area contributed by atoms with Gasteiger partial charge in [-0.05, 0) is 31.5 Å². The van der Waals surface area contributed by atoms with Gasteiger partial charge in [0.05, 0.1) is 12.7 Å². The normalized spacial score (nSPS) is 18.8. The lowest BCUT2D eigenvalue weighted by atomic mass is 9.92. The van der Waals surface area contributed by atoms with Crippen LogP contribution < -0.4 is 4.74 Å². The molecule has 6 nitrogen and oxygen atoms in total. The van der Waals surface area contributed by atoms with Crippen LogP contribution in [0.1, 0.15) is 25.5 Å². The highest BCUT2D eigenvalue weighted by molar-refractivity contribution is 5.68. The van der Waals surface area contributed by atoms with Gasteiger partial charge >= 0.3 is 5.97 Å². The van der Waals surface area contributed by atoms with Gasteiger partial charge < -0.3 is 19.7 Å². The lowest BCUT2D eigenvalue weighted by Gasteiger charge is -2.50. The van der Waals surface area contributed by atoms with Crippen LogP contribution in [-0.2, 0) is 9.53 Å². The van der Waals surface area contributed by atoms with Gasteiger partial charge in [0.15, 0.2) is 11.5 Å². The molecule has 2 N–H and O–H groups in total. The van der Waals surface area contributed by atoms with E-state index in [0.29, 0.717) is 18.8 Å². The van der Waals surface area contributed by atoms with Crippen LogP contribution >= 0.6 is 0 Å². The highest BCUT2D eigenvalue weighted by Crippen LogP contribution is 2.36. The minimum atomic E-state index is -0.953. The third kappa shape index (κ3) is 3.46. The minimum Gasteiger partial charge on any atom is -0.504 e. The van der Waals surface area contributed by atoms with E-state index >= 15 is 0 Å². The standard InChI is InChI=1S/C15H21NO5/c1-10(11-4-5-12(17)13(6-11)20-3)16-8-15(2,9-16)21-7-14(18)19/h4-6,10,17H,7-9H2,1-3H3,(H,18,19). The molecule has 1 aliphatic rings. The molecule has 1 fully saturated rings. The van der Waals surface area contributed by atoms with E-state index in [0.717, 1.165) is 5.56 Å². The maximum atomic E-state index is 10.5. The summed E-state index contributed by atoms with van der Waals surface area (Å²) in [4.78, 5) is 12.7. The summed E-state index contributed by atoms with van der Waals surface area (Å²) in [6, 6.07) is 5.43. The van der Waals surface area contributed by atoms with Crippen LogP contribution in [0.3, 0.4) is 0 Å². The predicted octanol–water partition coefficient (Wildman–Crippen LogP) is 1.64. The number of likely N-dealkylation sites (tertiary alicyclic amines) is 1. The average molecular weight is 295 g/mol. The van der Waals surface area contributed by atoms with Gasteiger partial charge in [-0.1, -0.05) is 6.07 Å². The van der Waals surface area contributed by atoms with Gasteiger partial charge in [0.1, 0.15) is 6.61 Å². The summed E-state index contributed by atoms with van der Waals surface area (Å²) in [6.07, 6.45) is 0. The molecule has 1 aromatic carbocycles. The van der Waals surface area contributed by atoms with Crippen molar-refractivity contribution in [3.8, 4) is 11.5 Å². The van der Waals surface area contributed by atoms with Gasteiger partial charge in [-0.25, -0.2) is 4.79 Å². The fourth-order valence-electron chi connectivity index (χ4n) is 2.58. The van der Waals surface area contributed by atoms with E-state index in [2.05, 4.69) is 11.8 Å². The largest absolute Gasteiger partial charge is 0.504 e. The molecular formula is C15H21NO5. The highest BCUT2D eigenvalue weighted by atomic mass is 16.5. The number of hydrogen-bond donors (Lipinski definition) is 2. The minimum absolute atomic E-state index is 0.117. The second-order valence-corrected chi connectivity index (χ2v) is 5.64. The Labute approximate surface area is 123 Å². The molecular weight excluding hydrogens is 274 g/mol. The third-order valence-corrected chi connectivity index (χ3v) is 3.85. The van der Waals surface area contributed by atoms with E-state index in [4.69, 9.17) is 14.6 Å². The van der Waals surface area contributed by atoms with Gasteiger partial charge in [-0.2, -0.15) is 0 Å². The topological polar surface area (TPSA) is 79.2 Å². The fourth-order valence-corrected chi connectivity index (χ4v) is 2.58. The van der Waals surface area contributed by atoms with Crippen molar-refractivity contribution >= 4 is 5.97 Å². The van der Waals surface area contributed by atoms with Crippen LogP contribution in [0.15, 0.2) is 18.2 Å². The first-order valence-corrected chi connectivity index (χ1v) is 6.81. The van der Waals surface area contributed by atoms with Gasteiger partial charge in [0.25, 0.3) is 0 Å². The van der Waals surface area contributed by atoms with Crippen LogP contribution in [0.25, 0.3) is 0 Å². The summed E-state index contributed by atoms with van der Waals surface area (Å²) >= 11 is 0. The molecule has 0 aromatic heterocycles. The maximum Gasteiger partial charge on any atom is 0.329 e. The molecule has 1 saturated heterocycles. The number of nitrogens with zero attached hydrogens (tertiary/aromatic N) is 1. The van der Waals surface area contributed by atoms with Crippen LogP contribution in [0.5, 0.6) is 11.5 Å². The summed E-state index contributed by atoms with van der Waals surface area (Å²) < 4.78 is 10.5. The molecule has 0 saturated carbocycles. The van der Waals surface area contributed by atoms with E-state index < -0.39 is 11.6 Å². The first kappa shape index (κ1) is 15.6. The molecule has 0 aliphatic carbocycles. The number of aliphatic carboxylic acids is 1. The number of carboxylic acids is 1. The van der Waals surface area contributed by atoms with Crippen molar-refractivity contribution in [2.75, 3.05) is 26.8 Å². The molecule has 116 valence electrons. The van der Waals surface area contributed by atoms with Gasteiger partial charge in [0, 0.05) is 19.1 Å². The number of aromatic hydroxyl groups is 1. The molecule has 2 rings (SSSR count). The maximum absolute atomic E-state index is 10.5. The number of phenols is 1. The summed E-state index contributed by atoms with van der Waals surface area (Å²) in [7, 11) is 1.52. The summed E-state index contributed by atoms with van der Waals surface area (Å²) in [6.45, 7) is 5.04. The fraction of sp³-hybridized carbons (Fsp3) is 0.533. The molecule has 21 heavy (non-hydrogen) atoms. The Kier molecular flexibility index (Phi) is 4.39. The second-order valence-electron chi connectivity index (χ2n) is 5.64. The predicted molar refractivity (Wildman–Crippen MR) is 76.6 cm³/mol. The summed E-state index contributed by atoms with van der Waals surface area (Å²) in [5.41, 5.74) is 0.623. The lowest BCUT2D eigenvalue weighted by molar-refractivity contribution is -0.169. The smallest absolute Gasteiger partial charge is 0.329 e. The Bertz CT molecular complexity index is 525. The van der Waals surface area contributed by atoms with E-state index in [-0.39, 0.29) is 18.4 Å². The molecule has 1 atom stereocenters. The highest BCUT2D eigenvalue weighted by Gasteiger charge is 2.42. The lowest BCUT2D eigenvalue weighted by Crippen LogP contribution is -2.62. The molecule has 0 amide bonds. The first-order valence-electron chi connectivity index (χ1n) is 6.81. The Morgan fingerprint density at radius 3 is 2.71 bits per heavy atom. The zero-order valence-corrected chi connectivity index (χ0v) is 12.5. The van der Waals surface area contributed by atoms with Crippen molar-refractivity contribution in [2.45, 2.75) is 25.5 Å². The zero-order chi connectivity index (χ0) is 15.6. The molecule has 6 heteroatoms. The van der Waals surface area contributed by atoms with E-state index in [1.807, 2.05) is 19.1 Å².